The fraction of sp³-hybridized carbons (Fsp3) is 0.179. The molecular weight excluding hydrogens is 592 g/mol. The number of nitrogens with one attached hydrogen (secondary N) is 1. The van der Waals surface area contributed by atoms with Gasteiger partial charge < -0.3 is 14.8 Å². The number of hydrogen-bond acceptors (Lipinski definition) is 6. The third-order valence-corrected chi connectivity index (χ3v) is 7.41. The predicted octanol–water partition coefficient (Wildman–Crippen LogP) is 7.06. The van der Waals surface area contributed by atoms with Crippen molar-refractivity contribution >= 4 is 68.1 Å². The number of rotatable bonds is 9. The van der Waals surface area contributed by atoms with Crippen molar-refractivity contribution in [1.82, 2.24) is 4.90 Å². The average Bonchev–Trinajstić information content (AvgIpc) is 3.14. The van der Waals surface area contributed by atoms with Gasteiger partial charge >= 0.3 is 0 Å². The number of thioether (sulfide) groups is 1. The number of imide groups is 1. The van der Waals surface area contributed by atoms with E-state index in [0.717, 1.165) is 22.2 Å². The van der Waals surface area contributed by atoms with Crippen LogP contribution >= 0.6 is 39.3 Å². The molecule has 196 valence electrons. The third-order valence-electron chi connectivity index (χ3n) is 5.49. The maximum absolute atomic E-state index is 13.0. The first-order valence-electron chi connectivity index (χ1n) is 11.7. The van der Waals surface area contributed by atoms with Gasteiger partial charge in [-0.3, -0.25) is 19.3 Å². The number of ether oxygens (including phenoxy) is 2. The predicted molar refractivity (Wildman–Crippen MR) is 154 cm³/mol. The minimum atomic E-state index is -0.557. The van der Waals surface area contributed by atoms with Crippen LogP contribution in [-0.4, -0.2) is 35.1 Å². The first kappa shape index (κ1) is 27.8. The van der Waals surface area contributed by atoms with Crippen LogP contribution in [0.5, 0.6) is 11.5 Å². The molecule has 0 spiro atoms. The van der Waals surface area contributed by atoms with E-state index in [4.69, 9.17) is 21.1 Å². The van der Waals surface area contributed by atoms with Crippen molar-refractivity contribution in [2.45, 2.75) is 20.5 Å². The second-order valence-corrected chi connectivity index (χ2v) is 10.6. The highest BCUT2D eigenvalue weighted by Crippen LogP contribution is 2.38. The topological polar surface area (TPSA) is 84.9 Å². The summed E-state index contributed by atoms with van der Waals surface area (Å²) in [6.45, 7) is 4.24. The molecule has 1 saturated heterocycles. The van der Waals surface area contributed by atoms with Crippen LogP contribution in [0.2, 0.25) is 5.02 Å². The fourth-order valence-electron chi connectivity index (χ4n) is 3.56. The van der Waals surface area contributed by atoms with Crippen LogP contribution in [0.4, 0.5) is 10.5 Å². The highest BCUT2D eigenvalue weighted by molar-refractivity contribution is 9.10. The van der Waals surface area contributed by atoms with E-state index in [2.05, 4.69) is 21.2 Å². The molecule has 38 heavy (non-hydrogen) atoms. The third kappa shape index (κ3) is 6.78. The van der Waals surface area contributed by atoms with Gasteiger partial charge in [-0.1, -0.05) is 69.5 Å². The summed E-state index contributed by atoms with van der Waals surface area (Å²) in [6.07, 6.45) is 1.59. The molecule has 4 rings (SSSR count). The Labute approximate surface area is 238 Å². The number of anilines is 1. The van der Waals surface area contributed by atoms with Gasteiger partial charge in [-0.15, -0.1) is 0 Å². The van der Waals surface area contributed by atoms with E-state index < -0.39 is 23.6 Å². The molecule has 1 N–H and O–H groups in total. The molecule has 0 bridgehead atoms. The van der Waals surface area contributed by atoms with Crippen LogP contribution in [0.25, 0.3) is 6.08 Å². The average molecular weight is 616 g/mol. The molecule has 1 aliphatic heterocycles. The molecule has 1 heterocycles. The standard InChI is InChI=1S/C28H24BrClN2O5S/c1-3-36-23-12-19(20(29)14-24(23)37-16-18-10-8-17(2)9-11-18)13-25-27(34)32(28(35)38-25)15-26(33)31-22-7-5-4-6-21(22)30/h4-14H,3,15-16H2,1-2H3,(H,31,33)/b25-13+. The second-order valence-electron chi connectivity index (χ2n) is 8.32. The van der Waals surface area contributed by atoms with Gasteiger partial charge in [0.15, 0.2) is 11.5 Å². The van der Waals surface area contributed by atoms with Crippen molar-refractivity contribution in [3.8, 4) is 11.5 Å². The lowest BCUT2D eigenvalue weighted by atomic mass is 10.1. The van der Waals surface area contributed by atoms with Crippen molar-refractivity contribution in [2.75, 3.05) is 18.5 Å². The van der Waals surface area contributed by atoms with Crippen LogP contribution in [0.3, 0.4) is 0 Å². The first-order valence-corrected chi connectivity index (χ1v) is 13.7. The van der Waals surface area contributed by atoms with Crippen LogP contribution in [0.15, 0.2) is 70.0 Å². The summed E-state index contributed by atoms with van der Waals surface area (Å²) in [7, 11) is 0. The lowest BCUT2D eigenvalue weighted by Crippen LogP contribution is -2.36. The summed E-state index contributed by atoms with van der Waals surface area (Å²) in [5.74, 6) is -0.0383. The van der Waals surface area contributed by atoms with E-state index in [-0.39, 0.29) is 4.91 Å². The quantitative estimate of drug-likeness (QED) is 0.259. The number of carbonyl (C=O) groups is 3. The summed E-state index contributed by atoms with van der Waals surface area (Å²) >= 11 is 10.4. The molecule has 3 amide bonds. The highest BCUT2D eigenvalue weighted by Gasteiger charge is 2.36. The maximum Gasteiger partial charge on any atom is 0.294 e. The lowest BCUT2D eigenvalue weighted by molar-refractivity contribution is -0.127. The monoisotopic (exact) mass is 614 g/mol. The molecule has 3 aromatic rings. The molecule has 0 saturated carbocycles. The van der Waals surface area contributed by atoms with Crippen LogP contribution in [0, 0.1) is 6.92 Å². The molecule has 0 aliphatic carbocycles. The fourth-order valence-corrected chi connectivity index (χ4v) is 5.01. The van der Waals surface area contributed by atoms with Gasteiger partial charge in [0.05, 0.1) is 22.2 Å². The largest absolute Gasteiger partial charge is 0.490 e. The molecule has 1 aliphatic rings. The van der Waals surface area contributed by atoms with Gasteiger partial charge in [-0.25, -0.2) is 0 Å². The Hall–Kier alpha value is -3.27. The van der Waals surface area contributed by atoms with E-state index in [9.17, 15) is 14.4 Å². The molecule has 0 radical (unpaired) electrons. The van der Waals surface area contributed by atoms with Gasteiger partial charge in [-0.2, -0.15) is 0 Å². The van der Waals surface area contributed by atoms with Crippen LogP contribution in [-0.2, 0) is 16.2 Å². The molecule has 0 unspecified atom stereocenters. The Morgan fingerprint density at radius 1 is 1.08 bits per heavy atom. The van der Waals surface area contributed by atoms with Gasteiger partial charge in [0, 0.05) is 4.47 Å². The molecule has 10 heteroatoms. The number of nitrogens with zero attached hydrogens (tertiary/aromatic N) is 1. The Morgan fingerprint density at radius 3 is 2.50 bits per heavy atom. The Morgan fingerprint density at radius 2 is 1.79 bits per heavy atom. The summed E-state index contributed by atoms with van der Waals surface area (Å²) in [5, 5.41) is 2.45. The minimum absolute atomic E-state index is 0.192. The number of para-hydroxylation sites is 1. The summed E-state index contributed by atoms with van der Waals surface area (Å²) in [5.41, 5.74) is 3.22. The number of hydrogen-bond donors (Lipinski definition) is 1. The van der Waals surface area contributed by atoms with E-state index in [1.165, 1.54) is 5.56 Å². The minimum Gasteiger partial charge on any atom is -0.490 e. The highest BCUT2D eigenvalue weighted by atomic mass is 79.9. The smallest absolute Gasteiger partial charge is 0.294 e. The Balaban J connectivity index is 1.49. The Kier molecular flexibility index (Phi) is 9.14. The van der Waals surface area contributed by atoms with Crippen molar-refractivity contribution in [1.29, 1.82) is 0 Å². The zero-order valence-corrected chi connectivity index (χ0v) is 23.8. The molecule has 3 aromatic carbocycles. The Bertz CT molecular complexity index is 1410. The zero-order valence-electron chi connectivity index (χ0n) is 20.6. The molecular formula is C28H24BrClN2O5S. The summed E-state index contributed by atoms with van der Waals surface area (Å²) in [4.78, 5) is 39.1. The number of aryl methyl sites for hydroxylation is 1. The van der Waals surface area contributed by atoms with Crippen LogP contribution in [0.1, 0.15) is 23.6 Å². The normalized spacial score (nSPS) is 14.2. The molecule has 0 aromatic heterocycles. The molecule has 1 fully saturated rings. The lowest BCUT2D eigenvalue weighted by Gasteiger charge is -2.14. The van der Waals surface area contributed by atoms with E-state index in [0.29, 0.717) is 45.5 Å². The van der Waals surface area contributed by atoms with Crippen molar-refractivity contribution in [3.63, 3.8) is 0 Å². The van der Waals surface area contributed by atoms with Crippen LogP contribution < -0.4 is 14.8 Å². The SMILES string of the molecule is CCOc1cc(/C=C2/SC(=O)N(CC(=O)Nc3ccccc3Cl)C2=O)c(Br)cc1OCc1ccc(C)cc1. The number of benzene rings is 3. The van der Waals surface area contributed by atoms with E-state index in [1.54, 1.807) is 42.5 Å². The zero-order chi connectivity index (χ0) is 27.2. The molecule has 0 atom stereocenters. The van der Waals surface area contributed by atoms with Crippen molar-refractivity contribution in [2.24, 2.45) is 0 Å². The van der Waals surface area contributed by atoms with Gasteiger partial charge in [0.2, 0.25) is 5.91 Å². The van der Waals surface area contributed by atoms with Crippen molar-refractivity contribution < 1.29 is 23.9 Å². The van der Waals surface area contributed by atoms with Crippen molar-refractivity contribution in [3.05, 3.63) is 91.8 Å². The summed E-state index contributed by atoms with van der Waals surface area (Å²) in [6, 6.07) is 18.3. The number of halogens is 2. The number of carbonyl (C=O) groups excluding carboxylic acids is 3. The molecule has 7 nitrogen and oxygen atoms in total. The summed E-state index contributed by atoms with van der Waals surface area (Å²) < 4.78 is 12.5. The first-order chi connectivity index (χ1) is 18.2. The number of amides is 3. The second kappa shape index (κ2) is 12.5. The van der Waals surface area contributed by atoms with Gasteiger partial charge in [0.1, 0.15) is 13.2 Å². The van der Waals surface area contributed by atoms with E-state index >= 15 is 0 Å². The maximum atomic E-state index is 13.0. The van der Waals surface area contributed by atoms with Gasteiger partial charge in [0.25, 0.3) is 11.1 Å². The van der Waals surface area contributed by atoms with Gasteiger partial charge in [-0.05, 0) is 67.1 Å². The van der Waals surface area contributed by atoms with E-state index in [1.807, 2.05) is 38.1 Å².